The molecule has 0 heterocycles. The molecular weight excluding hydrogens is 424 g/mol. The summed E-state index contributed by atoms with van der Waals surface area (Å²) in [4.78, 5) is 12.1. The van der Waals surface area contributed by atoms with Gasteiger partial charge in [0.1, 0.15) is 0 Å². The second-order valence-electron chi connectivity index (χ2n) is 7.59. The second kappa shape index (κ2) is 11.4. The monoisotopic (exact) mass is 448 g/mol. The lowest BCUT2D eigenvalue weighted by molar-refractivity contribution is -0.140. The normalized spacial score (nSPS) is 11.4. The molecule has 0 aliphatic carbocycles. The summed E-state index contributed by atoms with van der Waals surface area (Å²) in [5.41, 5.74) is 5.03. The van der Waals surface area contributed by atoms with E-state index in [1.807, 2.05) is 109 Å². The maximum atomic E-state index is 12.1. The van der Waals surface area contributed by atoms with Crippen molar-refractivity contribution in [2.24, 2.45) is 20.5 Å². The predicted molar refractivity (Wildman–Crippen MR) is 133 cm³/mol. The Kier molecular flexibility index (Phi) is 7.64. The zero-order valence-corrected chi connectivity index (χ0v) is 18.8. The minimum absolute atomic E-state index is 0.160. The molecule has 4 rings (SSSR count). The molecule has 0 spiro atoms. The van der Waals surface area contributed by atoms with Gasteiger partial charge in [0, 0.05) is 5.92 Å². The van der Waals surface area contributed by atoms with E-state index in [0.29, 0.717) is 0 Å². The number of hydrogen-bond acceptors (Lipinski definition) is 6. The van der Waals surface area contributed by atoms with Gasteiger partial charge in [-0.1, -0.05) is 60.7 Å². The van der Waals surface area contributed by atoms with E-state index >= 15 is 0 Å². The predicted octanol–water partition coefficient (Wildman–Crippen LogP) is 8.21. The molecule has 6 nitrogen and oxygen atoms in total. The van der Waals surface area contributed by atoms with E-state index in [1.54, 1.807) is 0 Å². The Morgan fingerprint density at radius 1 is 0.588 bits per heavy atom. The molecule has 0 aliphatic rings. The number of benzene rings is 4. The summed E-state index contributed by atoms with van der Waals surface area (Å²) in [6, 6.07) is 34.6. The molecule has 0 atom stereocenters. The summed E-state index contributed by atoms with van der Waals surface area (Å²) in [7, 11) is 1.40. The topological polar surface area (TPSA) is 75.7 Å². The number of esters is 1. The molecule has 0 aromatic heterocycles. The van der Waals surface area contributed by atoms with E-state index in [2.05, 4.69) is 20.5 Å². The lowest BCUT2D eigenvalue weighted by atomic mass is 9.88. The van der Waals surface area contributed by atoms with Gasteiger partial charge >= 0.3 is 5.97 Å². The van der Waals surface area contributed by atoms with Gasteiger partial charge in [-0.3, -0.25) is 4.79 Å². The first-order valence-electron chi connectivity index (χ1n) is 10.9. The summed E-state index contributed by atoms with van der Waals surface area (Å²) in [5, 5.41) is 17.1. The van der Waals surface area contributed by atoms with Crippen molar-refractivity contribution in [2.75, 3.05) is 7.11 Å². The van der Waals surface area contributed by atoms with Gasteiger partial charge in [-0.15, -0.1) is 0 Å². The highest BCUT2D eigenvalue weighted by Crippen LogP contribution is 2.31. The van der Waals surface area contributed by atoms with E-state index in [0.717, 1.165) is 33.9 Å². The van der Waals surface area contributed by atoms with E-state index in [4.69, 9.17) is 4.74 Å². The van der Waals surface area contributed by atoms with Gasteiger partial charge in [0.05, 0.1) is 36.3 Å². The van der Waals surface area contributed by atoms with Crippen LogP contribution in [0.25, 0.3) is 0 Å². The molecule has 0 radical (unpaired) electrons. The van der Waals surface area contributed by atoms with Gasteiger partial charge in [-0.05, 0) is 59.7 Å². The van der Waals surface area contributed by atoms with Crippen molar-refractivity contribution in [3.63, 3.8) is 0 Å². The molecular formula is C28H24N4O2. The summed E-state index contributed by atoms with van der Waals surface area (Å²) < 4.78 is 4.94. The van der Waals surface area contributed by atoms with Gasteiger partial charge in [0.25, 0.3) is 0 Å². The summed E-state index contributed by atoms with van der Waals surface area (Å²) in [5.74, 6) is -0.432. The molecule has 0 N–H and O–H groups in total. The summed E-state index contributed by atoms with van der Waals surface area (Å²) in [6.45, 7) is 0. The average Bonchev–Trinajstić information content (AvgIpc) is 2.91. The van der Waals surface area contributed by atoms with E-state index < -0.39 is 0 Å². The van der Waals surface area contributed by atoms with Gasteiger partial charge in [0.2, 0.25) is 0 Å². The van der Waals surface area contributed by atoms with Crippen LogP contribution in [0.2, 0.25) is 0 Å². The first kappa shape index (κ1) is 22.7. The van der Waals surface area contributed by atoms with Gasteiger partial charge in [-0.25, -0.2) is 0 Å². The minimum atomic E-state index is -0.273. The van der Waals surface area contributed by atoms with Crippen LogP contribution in [0.4, 0.5) is 22.7 Å². The number of nitrogens with zero attached hydrogens (tertiary/aromatic N) is 4. The Bertz CT molecular complexity index is 1160. The molecule has 0 unspecified atom stereocenters. The summed E-state index contributed by atoms with van der Waals surface area (Å²) in [6.07, 6.45) is 0.228. The molecule has 0 amide bonds. The maximum absolute atomic E-state index is 12.1. The Hall–Kier alpha value is -4.45. The number of hydrogen-bond donors (Lipinski definition) is 0. The van der Waals surface area contributed by atoms with Gasteiger partial charge in [-0.2, -0.15) is 20.5 Å². The van der Waals surface area contributed by atoms with Crippen LogP contribution in [-0.4, -0.2) is 13.1 Å². The molecule has 0 saturated carbocycles. The van der Waals surface area contributed by atoms with Gasteiger partial charge in [0.15, 0.2) is 0 Å². The van der Waals surface area contributed by atoms with Crippen molar-refractivity contribution in [3.05, 3.63) is 120 Å². The zero-order chi connectivity index (χ0) is 23.6. The molecule has 6 heteroatoms. The average molecular weight is 449 g/mol. The zero-order valence-electron chi connectivity index (χ0n) is 18.8. The van der Waals surface area contributed by atoms with Crippen LogP contribution in [0.15, 0.2) is 130 Å². The van der Waals surface area contributed by atoms with E-state index in [-0.39, 0.29) is 18.3 Å². The maximum Gasteiger partial charge on any atom is 0.306 e. The van der Waals surface area contributed by atoms with Crippen molar-refractivity contribution >= 4 is 28.7 Å². The fourth-order valence-corrected chi connectivity index (χ4v) is 3.45. The van der Waals surface area contributed by atoms with E-state index in [9.17, 15) is 4.79 Å². The largest absolute Gasteiger partial charge is 0.469 e. The highest BCUT2D eigenvalue weighted by Gasteiger charge is 2.19. The Balaban J connectivity index is 1.52. The standard InChI is InChI=1S/C28H24N4O2/c1-34-28(33)20-27(21-12-16-25(17-13-21)31-29-23-8-4-2-5-9-23)22-14-18-26(19-15-22)32-30-24-10-6-3-7-11-24/h2-19,27H,20H2,1H3/b31-29+,32-30+. The number of ether oxygens (including phenoxy) is 1. The fourth-order valence-electron chi connectivity index (χ4n) is 3.45. The highest BCUT2D eigenvalue weighted by molar-refractivity contribution is 5.71. The number of carbonyl (C=O) groups excluding carboxylic acids is 1. The van der Waals surface area contributed by atoms with Crippen LogP contribution in [0.3, 0.4) is 0 Å². The summed E-state index contributed by atoms with van der Waals surface area (Å²) >= 11 is 0. The first-order chi connectivity index (χ1) is 16.7. The molecule has 34 heavy (non-hydrogen) atoms. The highest BCUT2D eigenvalue weighted by atomic mass is 16.5. The Labute approximate surface area is 198 Å². The van der Waals surface area contributed by atoms with Crippen molar-refractivity contribution < 1.29 is 9.53 Å². The van der Waals surface area contributed by atoms with Crippen LogP contribution in [0.1, 0.15) is 23.5 Å². The van der Waals surface area contributed by atoms with Crippen molar-refractivity contribution in [2.45, 2.75) is 12.3 Å². The third-order valence-electron chi connectivity index (χ3n) is 5.26. The SMILES string of the molecule is COC(=O)CC(c1ccc(/N=N/c2ccccc2)cc1)c1ccc(/N=N/c2ccccc2)cc1. The lowest BCUT2D eigenvalue weighted by Gasteiger charge is -2.17. The first-order valence-corrected chi connectivity index (χ1v) is 10.9. The van der Waals surface area contributed by atoms with Crippen LogP contribution >= 0.6 is 0 Å². The second-order valence-corrected chi connectivity index (χ2v) is 7.59. The Morgan fingerprint density at radius 2 is 0.941 bits per heavy atom. The number of azo groups is 2. The van der Waals surface area contributed by atoms with Crippen molar-refractivity contribution in [1.82, 2.24) is 0 Å². The van der Waals surface area contributed by atoms with Crippen LogP contribution in [-0.2, 0) is 9.53 Å². The fraction of sp³-hybridized carbons (Fsp3) is 0.107. The molecule has 0 fully saturated rings. The number of rotatable bonds is 8. The van der Waals surface area contributed by atoms with Crippen LogP contribution < -0.4 is 0 Å². The smallest absolute Gasteiger partial charge is 0.306 e. The quantitative estimate of drug-likeness (QED) is 0.201. The molecule has 0 saturated heterocycles. The lowest BCUT2D eigenvalue weighted by Crippen LogP contribution is -2.10. The molecule has 4 aromatic carbocycles. The number of methoxy groups -OCH3 is 1. The minimum Gasteiger partial charge on any atom is -0.469 e. The molecule has 0 bridgehead atoms. The van der Waals surface area contributed by atoms with Crippen molar-refractivity contribution in [3.8, 4) is 0 Å². The van der Waals surface area contributed by atoms with Gasteiger partial charge < -0.3 is 4.74 Å². The molecule has 0 aliphatic heterocycles. The van der Waals surface area contributed by atoms with Crippen LogP contribution in [0.5, 0.6) is 0 Å². The number of carbonyl (C=O) groups is 1. The van der Waals surface area contributed by atoms with Crippen molar-refractivity contribution in [1.29, 1.82) is 0 Å². The molecule has 4 aromatic rings. The van der Waals surface area contributed by atoms with Crippen LogP contribution in [0, 0.1) is 0 Å². The molecule has 168 valence electrons. The Morgan fingerprint density at radius 3 is 1.29 bits per heavy atom. The third kappa shape index (κ3) is 6.29. The third-order valence-corrected chi connectivity index (χ3v) is 5.26. The van der Waals surface area contributed by atoms with E-state index in [1.165, 1.54) is 7.11 Å².